The van der Waals surface area contributed by atoms with Gasteiger partial charge in [0.15, 0.2) is 0 Å². The summed E-state index contributed by atoms with van der Waals surface area (Å²) in [6, 6.07) is 10.6. The van der Waals surface area contributed by atoms with Crippen LogP contribution in [0.1, 0.15) is 5.56 Å². The molecule has 0 unspecified atom stereocenters. The van der Waals surface area contributed by atoms with Crippen molar-refractivity contribution in [2.45, 2.75) is 17.7 Å². The van der Waals surface area contributed by atoms with Gasteiger partial charge in [0.25, 0.3) is 0 Å². The van der Waals surface area contributed by atoms with Gasteiger partial charge in [-0.05, 0) is 36.2 Å². The largest absolute Gasteiger partial charge is 0.573 e. The van der Waals surface area contributed by atoms with E-state index in [1.807, 2.05) is 0 Å². The number of hydrogen-bond donors (Lipinski definition) is 2. The Morgan fingerprint density at radius 1 is 1.21 bits per heavy atom. The van der Waals surface area contributed by atoms with Crippen LogP contribution in [0.5, 0.6) is 11.6 Å². The third-order valence-electron chi connectivity index (χ3n) is 3.96. The number of aromatic nitrogens is 1. The average molecular weight is 423 g/mol. The summed E-state index contributed by atoms with van der Waals surface area (Å²) in [4.78, 5) is 17.3. The first-order valence-corrected chi connectivity index (χ1v) is 9.15. The van der Waals surface area contributed by atoms with E-state index in [0.29, 0.717) is 21.8 Å². The van der Waals surface area contributed by atoms with Crippen LogP contribution in [-0.2, 0) is 11.2 Å². The van der Waals surface area contributed by atoms with Gasteiger partial charge in [-0.25, -0.2) is 4.98 Å². The average Bonchev–Trinajstić information content (AvgIpc) is 2.67. The van der Waals surface area contributed by atoms with Crippen LogP contribution in [0.25, 0.3) is 10.8 Å². The number of alkyl halides is 3. The molecule has 0 saturated carbocycles. The first-order chi connectivity index (χ1) is 13.8. The number of para-hydroxylation sites is 1. The number of rotatable bonds is 6. The van der Waals surface area contributed by atoms with Crippen molar-refractivity contribution in [2.75, 3.05) is 12.4 Å². The lowest BCUT2D eigenvalue weighted by Crippen LogP contribution is -2.20. The highest BCUT2D eigenvalue weighted by molar-refractivity contribution is 7.97. The minimum atomic E-state index is -4.85. The first-order valence-electron chi connectivity index (χ1n) is 8.27. The molecule has 0 bridgehead atoms. The zero-order chi connectivity index (χ0) is 21.0. The van der Waals surface area contributed by atoms with Crippen LogP contribution in [-0.4, -0.2) is 24.4 Å². The summed E-state index contributed by atoms with van der Waals surface area (Å²) in [5.74, 6) is -0.575. The van der Waals surface area contributed by atoms with Crippen molar-refractivity contribution in [2.24, 2.45) is 5.14 Å². The van der Waals surface area contributed by atoms with Crippen molar-refractivity contribution in [3.05, 3.63) is 54.2 Å². The fraction of sp³-hybridized carbons (Fsp3) is 0.158. The number of hydrogen-bond acceptors (Lipinski definition) is 6. The molecule has 1 amide bonds. The normalized spacial score (nSPS) is 11.3. The zero-order valence-electron chi connectivity index (χ0n) is 15.1. The fourth-order valence-electron chi connectivity index (χ4n) is 2.81. The second-order valence-corrected chi connectivity index (χ2v) is 6.56. The number of ether oxygens (including phenoxy) is 2. The summed E-state index contributed by atoms with van der Waals surface area (Å²) >= 11 is 0.992. The number of pyridine rings is 1. The van der Waals surface area contributed by atoms with Gasteiger partial charge >= 0.3 is 6.36 Å². The number of halogens is 3. The van der Waals surface area contributed by atoms with Gasteiger partial charge in [-0.2, -0.15) is 0 Å². The Bertz CT molecular complexity index is 1040. The first kappa shape index (κ1) is 20.7. The Morgan fingerprint density at radius 3 is 2.66 bits per heavy atom. The summed E-state index contributed by atoms with van der Waals surface area (Å²) < 4.78 is 46.9. The highest BCUT2D eigenvalue weighted by Gasteiger charge is 2.32. The molecule has 1 heterocycles. The Kier molecular flexibility index (Phi) is 6.14. The van der Waals surface area contributed by atoms with Crippen molar-refractivity contribution >= 4 is 34.3 Å². The molecule has 0 atom stereocenters. The van der Waals surface area contributed by atoms with E-state index in [1.165, 1.54) is 25.3 Å². The number of nitrogens with zero attached hydrogens (tertiary/aromatic N) is 1. The molecular weight excluding hydrogens is 407 g/mol. The number of nitrogens with one attached hydrogen (secondary N) is 1. The van der Waals surface area contributed by atoms with E-state index in [9.17, 15) is 18.0 Å². The van der Waals surface area contributed by atoms with Gasteiger partial charge in [-0.15, -0.1) is 13.2 Å². The zero-order valence-corrected chi connectivity index (χ0v) is 15.9. The van der Waals surface area contributed by atoms with Gasteiger partial charge < -0.3 is 14.8 Å². The predicted molar refractivity (Wildman–Crippen MR) is 104 cm³/mol. The number of carbonyl (C=O) groups excluding carboxylic acids is 1. The number of nitrogens with two attached hydrogens (primary N) is 1. The minimum absolute atomic E-state index is 0.107. The Labute approximate surface area is 168 Å². The molecule has 6 nitrogen and oxygen atoms in total. The molecule has 3 N–H and O–H groups in total. The summed E-state index contributed by atoms with van der Waals surface area (Å²) in [6.07, 6.45) is -3.57. The van der Waals surface area contributed by atoms with E-state index in [4.69, 9.17) is 9.88 Å². The van der Waals surface area contributed by atoms with E-state index < -0.39 is 18.0 Å². The number of methoxy groups -OCH3 is 1. The molecule has 152 valence electrons. The summed E-state index contributed by atoms with van der Waals surface area (Å²) in [5.41, 5.74) is 0.520. The topological polar surface area (TPSA) is 86.5 Å². The second kappa shape index (κ2) is 8.58. The molecule has 0 saturated heterocycles. The van der Waals surface area contributed by atoms with Crippen LogP contribution >= 0.6 is 11.9 Å². The fourth-order valence-corrected chi connectivity index (χ4v) is 3.31. The molecule has 0 spiro atoms. The van der Waals surface area contributed by atoms with Crippen molar-refractivity contribution in [3.63, 3.8) is 0 Å². The molecule has 10 heteroatoms. The van der Waals surface area contributed by atoms with E-state index in [2.05, 4.69) is 15.0 Å². The maximum atomic E-state index is 12.6. The van der Waals surface area contributed by atoms with Gasteiger partial charge in [0.05, 0.1) is 13.5 Å². The van der Waals surface area contributed by atoms with E-state index in [0.717, 1.165) is 23.4 Å². The van der Waals surface area contributed by atoms with Crippen LogP contribution < -0.4 is 19.9 Å². The van der Waals surface area contributed by atoms with Gasteiger partial charge in [0.2, 0.25) is 11.8 Å². The molecule has 0 aliphatic carbocycles. The molecule has 3 aromatic rings. The third-order valence-corrected chi connectivity index (χ3v) is 4.55. The van der Waals surface area contributed by atoms with Crippen molar-refractivity contribution in [1.82, 2.24) is 4.98 Å². The highest BCUT2D eigenvalue weighted by Crippen LogP contribution is 2.33. The number of anilines is 1. The lowest BCUT2D eigenvalue weighted by molar-refractivity contribution is -0.274. The second-order valence-electron chi connectivity index (χ2n) is 5.89. The summed E-state index contributed by atoms with van der Waals surface area (Å²) in [7, 11) is 1.47. The van der Waals surface area contributed by atoms with E-state index >= 15 is 0 Å². The van der Waals surface area contributed by atoms with Gasteiger partial charge in [-0.1, -0.05) is 18.2 Å². The van der Waals surface area contributed by atoms with Crippen LogP contribution in [0.3, 0.4) is 0 Å². The number of fused-ring (bicyclic) bond motifs is 1. The van der Waals surface area contributed by atoms with Crippen molar-refractivity contribution in [1.29, 1.82) is 0 Å². The Morgan fingerprint density at radius 2 is 1.97 bits per heavy atom. The van der Waals surface area contributed by atoms with E-state index in [1.54, 1.807) is 24.4 Å². The Hall–Kier alpha value is -2.98. The molecule has 2 aromatic carbocycles. The van der Waals surface area contributed by atoms with Crippen molar-refractivity contribution in [3.8, 4) is 11.6 Å². The standard InChI is InChI=1S/C19H16F3N3O3S/c1-27-18-14-9-12(10-16(29-23)13(14)6-7-24-18)25-17(26)8-11-4-2-3-5-15(11)28-19(20,21)22/h2-7,9-10H,8,23H2,1H3,(H,25,26). The van der Waals surface area contributed by atoms with Crippen LogP contribution in [0.2, 0.25) is 0 Å². The lowest BCUT2D eigenvalue weighted by Gasteiger charge is -2.14. The third kappa shape index (κ3) is 5.09. The molecule has 3 rings (SSSR count). The number of benzene rings is 2. The van der Waals surface area contributed by atoms with Crippen molar-refractivity contribution < 1.29 is 27.4 Å². The molecule has 0 aliphatic heterocycles. The molecule has 0 radical (unpaired) electrons. The Balaban J connectivity index is 1.86. The van der Waals surface area contributed by atoms with Crippen LogP contribution in [0.15, 0.2) is 53.6 Å². The number of carbonyl (C=O) groups is 1. The minimum Gasteiger partial charge on any atom is -0.481 e. The van der Waals surface area contributed by atoms with Gasteiger partial charge in [0.1, 0.15) is 5.75 Å². The maximum absolute atomic E-state index is 12.6. The quantitative estimate of drug-likeness (QED) is 0.576. The molecule has 0 aliphatic rings. The smallest absolute Gasteiger partial charge is 0.481 e. The van der Waals surface area contributed by atoms with Crippen LogP contribution in [0, 0.1) is 0 Å². The summed E-state index contributed by atoms with van der Waals surface area (Å²) in [6.45, 7) is 0. The summed E-state index contributed by atoms with van der Waals surface area (Å²) in [5, 5.41) is 9.84. The monoisotopic (exact) mass is 423 g/mol. The van der Waals surface area contributed by atoms with E-state index in [-0.39, 0.29) is 12.0 Å². The lowest BCUT2D eigenvalue weighted by atomic mass is 10.1. The maximum Gasteiger partial charge on any atom is 0.573 e. The molecular formula is C19H16F3N3O3S. The number of amides is 1. The SMILES string of the molecule is COc1nccc2c(SN)cc(NC(=O)Cc3ccccc3OC(F)(F)F)cc12. The van der Waals surface area contributed by atoms with Gasteiger partial charge in [0, 0.05) is 33.1 Å². The predicted octanol–water partition coefficient (Wildman–Crippen LogP) is 4.29. The highest BCUT2D eigenvalue weighted by atomic mass is 32.2. The molecule has 0 fully saturated rings. The molecule has 29 heavy (non-hydrogen) atoms. The van der Waals surface area contributed by atoms with Crippen LogP contribution in [0.4, 0.5) is 18.9 Å². The van der Waals surface area contributed by atoms with Gasteiger partial charge in [-0.3, -0.25) is 9.93 Å². The molecule has 1 aromatic heterocycles.